The van der Waals surface area contributed by atoms with Gasteiger partial charge >= 0.3 is 0 Å². The Bertz CT molecular complexity index is 860. The van der Waals surface area contributed by atoms with Crippen molar-refractivity contribution < 1.29 is 14.3 Å². The lowest BCUT2D eigenvalue weighted by Crippen LogP contribution is -2.30. The van der Waals surface area contributed by atoms with E-state index in [0.29, 0.717) is 18.7 Å². The quantitative estimate of drug-likeness (QED) is 0.657. The van der Waals surface area contributed by atoms with Gasteiger partial charge in [-0.05, 0) is 41.3 Å². The number of nitrogens with one attached hydrogen (secondary N) is 1. The van der Waals surface area contributed by atoms with Crippen LogP contribution >= 0.6 is 0 Å². The molecule has 0 unspecified atom stereocenters. The Kier molecular flexibility index (Phi) is 6.47. The van der Waals surface area contributed by atoms with Crippen LogP contribution in [0.4, 0.5) is 0 Å². The lowest BCUT2D eigenvalue weighted by Gasteiger charge is -2.10. The zero-order valence-corrected chi connectivity index (χ0v) is 15.4. The summed E-state index contributed by atoms with van der Waals surface area (Å²) < 4.78 is 10.9. The van der Waals surface area contributed by atoms with Crippen molar-refractivity contribution in [3.8, 4) is 22.6 Å². The van der Waals surface area contributed by atoms with Crippen molar-refractivity contribution >= 4 is 5.91 Å². The Hall–Kier alpha value is -3.27. The SMILES string of the molecule is COc1ccccc1CCNC(=O)COc1ccc(-c2ccccc2)cc1. The summed E-state index contributed by atoms with van der Waals surface area (Å²) in [6, 6.07) is 25.7. The number of rotatable bonds is 8. The Morgan fingerprint density at radius 1 is 0.852 bits per heavy atom. The molecule has 138 valence electrons. The fourth-order valence-electron chi connectivity index (χ4n) is 2.82. The summed E-state index contributed by atoms with van der Waals surface area (Å²) in [5.74, 6) is 1.37. The minimum Gasteiger partial charge on any atom is -0.496 e. The second kappa shape index (κ2) is 9.43. The predicted octanol–water partition coefficient (Wildman–Crippen LogP) is 4.10. The molecule has 0 saturated carbocycles. The van der Waals surface area contributed by atoms with Crippen molar-refractivity contribution in [3.05, 3.63) is 84.4 Å². The molecule has 0 spiro atoms. The molecule has 0 bridgehead atoms. The maximum absolute atomic E-state index is 12.0. The van der Waals surface area contributed by atoms with E-state index in [1.165, 1.54) is 0 Å². The topological polar surface area (TPSA) is 47.6 Å². The molecule has 1 amide bonds. The van der Waals surface area contributed by atoms with Crippen molar-refractivity contribution in [2.75, 3.05) is 20.3 Å². The predicted molar refractivity (Wildman–Crippen MR) is 107 cm³/mol. The molecule has 27 heavy (non-hydrogen) atoms. The van der Waals surface area contributed by atoms with E-state index < -0.39 is 0 Å². The molecule has 0 atom stereocenters. The number of carbonyl (C=O) groups is 1. The number of methoxy groups -OCH3 is 1. The Balaban J connectivity index is 1.44. The Morgan fingerprint density at radius 2 is 1.52 bits per heavy atom. The maximum atomic E-state index is 12.0. The highest BCUT2D eigenvalue weighted by Crippen LogP contribution is 2.22. The summed E-state index contributed by atoms with van der Waals surface area (Å²) in [6.07, 6.45) is 0.710. The van der Waals surface area contributed by atoms with Crippen molar-refractivity contribution in [2.45, 2.75) is 6.42 Å². The van der Waals surface area contributed by atoms with Gasteiger partial charge in [-0.3, -0.25) is 4.79 Å². The first-order valence-corrected chi connectivity index (χ1v) is 8.93. The minimum atomic E-state index is -0.142. The summed E-state index contributed by atoms with van der Waals surface area (Å²) in [7, 11) is 1.65. The van der Waals surface area contributed by atoms with Crippen LogP contribution in [-0.2, 0) is 11.2 Å². The number of hydrogen-bond acceptors (Lipinski definition) is 3. The number of para-hydroxylation sites is 1. The lowest BCUT2D eigenvalue weighted by molar-refractivity contribution is -0.123. The van der Waals surface area contributed by atoms with Crippen molar-refractivity contribution in [1.29, 1.82) is 0 Å². The number of benzene rings is 3. The summed E-state index contributed by atoms with van der Waals surface area (Å²) in [5.41, 5.74) is 3.33. The van der Waals surface area contributed by atoms with Gasteiger partial charge in [0.25, 0.3) is 5.91 Å². The molecule has 4 heteroatoms. The van der Waals surface area contributed by atoms with Gasteiger partial charge in [0.05, 0.1) is 7.11 Å². The molecule has 0 fully saturated rings. The van der Waals surface area contributed by atoms with Crippen molar-refractivity contribution in [1.82, 2.24) is 5.32 Å². The molecule has 4 nitrogen and oxygen atoms in total. The van der Waals surface area contributed by atoms with E-state index in [4.69, 9.17) is 9.47 Å². The third-order valence-electron chi connectivity index (χ3n) is 4.24. The summed E-state index contributed by atoms with van der Waals surface area (Å²) in [4.78, 5) is 12.0. The monoisotopic (exact) mass is 361 g/mol. The van der Waals surface area contributed by atoms with E-state index in [1.54, 1.807) is 7.11 Å². The zero-order chi connectivity index (χ0) is 18.9. The normalized spacial score (nSPS) is 10.3. The van der Waals surface area contributed by atoms with Crippen LogP contribution in [0, 0.1) is 0 Å². The van der Waals surface area contributed by atoms with Gasteiger partial charge in [-0.2, -0.15) is 0 Å². The molecule has 3 aromatic rings. The first-order valence-electron chi connectivity index (χ1n) is 8.93. The van der Waals surface area contributed by atoms with Crippen LogP contribution in [0.5, 0.6) is 11.5 Å². The Labute approximate surface area is 159 Å². The van der Waals surface area contributed by atoms with Crippen LogP contribution < -0.4 is 14.8 Å². The highest BCUT2D eigenvalue weighted by molar-refractivity contribution is 5.77. The molecule has 0 aliphatic rings. The number of hydrogen-bond donors (Lipinski definition) is 1. The number of ether oxygens (including phenoxy) is 2. The van der Waals surface area contributed by atoms with Crippen LogP contribution in [0.2, 0.25) is 0 Å². The second-order valence-electron chi connectivity index (χ2n) is 6.09. The van der Waals surface area contributed by atoms with Gasteiger partial charge in [0, 0.05) is 6.54 Å². The maximum Gasteiger partial charge on any atom is 0.257 e. The minimum absolute atomic E-state index is 0.00336. The van der Waals surface area contributed by atoms with Gasteiger partial charge in [-0.25, -0.2) is 0 Å². The van der Waals surface area contributed by atoms with Crippen LogP contribution in [0.15, 0.2) is 78.9 Å². The van der Waals surface area contributed by atoms with Gasteiger partial charge in [0.15, 0.2) is 6.61 Å². The third kappa shape index (κ3) is 5.35. The van der Waals surface area contributed by atoms with E-state index in [0.717, 1.165) is 22.4 Å². The third-order valence-corrected chi connectivity index (χ3v) is 4.24. The van der Waals surface area contributed by atoms with E-state index in [9.17, 15) is 4.79 Å². The molecule has 0 aliphatic heterocycles. The fraction of sp³-hybridized carbons (Fsp3) is 0.174. The molecule has 0 aliphatic carbocycles. The summed E-state index contributed by atoms with van der Waals surface area (Å²) in [5, 5.41) is 2.87. The number of amides is 1. The molecule has 0 heterocycles. The van der Waals surface area contributed by atoms with Gasteiger partial charge in [0.2, 0.25) is 0 Å². The average Bonchev–Trinajstić information content (AvgIpc) is 2.73. The van der Waals surface area contributed by atoms with Gasteiger partial charge < -0.3 is 14.8 Å². The first kappa shape index (κ1) is 18.5. The molecule has 3 rings (SSSR count). The average molecular weight is 361 g/mol. The largest absolute Gasteiger partial charge is 0.496 e. The van der Waals surface area contributed by atoms with Crippen LogP contribution in [0.25, 0.3) is 11.1 Å². The molecule has 0 saturated heterocycles. The molecule has 1 N–H and O–H groups in total. The van der Waals surface area contributed by atoms with E-state index in [-0.39, 0.29) is 12.5 Å². The molecule has 0 aromatic heterocycles. The van der Waals surface area contributed by atoms with E-state index in [1.807, 2.05) is 66.7 Å². The molecular formula is C23H23NO3. The summed E-state index contributed by atoms with van der Waals surface area (Å²) in [6.45, 7) is 0.534. The van der Waals surface area contributed by atoms with Crippen LogP contribution in [0.1, 0.15) is 5.56 Å². The second-order valence-corrected chi connectivity index (χ2v) is 6.09. The molecule has 0 radical (unpaired) electrons. The zero-order valence-electron chi connectivity index (χ0n) is 15.4. The number of carbonyl (C=O) groups excluding carboxylic acids is 1. The van der Waals surface area contributed by atoms with Gasteiger partial charge in [-0.15, -0.1) is 0 Å². The first-order chi connectivity index (χ1) is 13.3. The molecule has 3 aromatic carbocycles. The summed E-state index contributed by atoms with van der Waals surface area (Å²) >= 11 is 0. The van der Waals surface area contributed by atoms with Crippen LogP contribution in [-0.4, -0.2) is 26.2 Å². The Morgan fingerprint density at radius 3 is 2.26 bits per heavy atom. The molecular weight excluding hydrogens is 338 g/mol. The van der Waals surface area contributed by atoms with E-state index in [2.05, 4.69) is 17.4 Å². The highest BCUT2D eigenvalue weighted by atomic mass is 16.5. The van der Waals surface area contributed by atoms with Crippen molar-refractivity contribution in [2.24, 2.45) is 0 Å². The van der Waals surface area contributed by atoms with Gasteiger partial charge in [0.1, 0.15) is 11.5 Å². The lowest BCUT2D eigenvalue weighted by atomic mass is 10.1. The van der Waals surface area contributed by atoms with Crippen molar-refractivity contribution in [3.63, 3.8) is 0 Å². The standard InChI is InChI=1S/C23H23NO3/c1-26-22-10-6-5-9-20(22)15-16-24-23(25)17-27-21-13-11-19(12-14-21)18-7-3-2-4-8-18/h2-14H,15-17H2,1H3,(H,24,25). The van der Waals surface area contributed by atoms with E-state index >= 15 is 0 Å². The fourth-order valence-corrected chi connectivity index (χ4v) is 2.82. The smallest absolute Gasteiger partial charge is 0.257 e. The van der Waals surface area contributed by atoms with Crippen LogP contribution in [0.3, 0.4) is 0 Å². The van der Waals surface area contributed by atoms with Gasteiger partial charge in [-0.1, -0.05) is 60.7 Å². The highest BCUT2D eigenvalue weighted by Gasteiger charge is 2.05.